The summed E-state index contributed by atoms with van der Waals surface area (Å²) in [6, 6.07) is 14.2. The average molecular weight is 345 g/mol. The molecule has 26 heavy (non-hydrogen) atoms. The van der Waals surface area contributed by atoms with Crippen molar-refractivity contribution < 1.29 is 0 Å². The number of nitrogens with zero attached hydrogens (tertiary/aromatic N) is 6. The Labute approximate surface area is 151 Å². The van der Waals surface area contributed by atoms with Gasteiger partial charge in [-0.1, -0.05) is 30.3 Å². The molecule has 0 aliphatic carbocycles. The van der Waals surface area contributed by atoms with E-state index >= 15 is 0 Å². The van der Waals surface area contributed by atoms with E-state index in [1.165, 1.54) is 5.56 Å². The van der Waals surface area contributed by atoms with Crippen LogP contribution in [0, 0.1) is 0 Å². The Morgan fingerprint density at radius 2 is 1.88 bits per heavy atom. The second-order valence-corrected chi connectivity index (χ2v) is 6.03. The van der Waals surface area contributed by atoms with Gasteiger partial charge in [0.15, 0.2) is 5.82 Å². The summed E-state index contributed by atoms with van der Waals surface area (Å²) in [5, 5.41) is 12.1. The van der Waals surface area contributed by atoms with Crippen LogP contribution in [0.25, 0.3) is 11.5 Å². The SMILES string of the molecule is Cn1ccnc1-c1ccc(N[C@H](Cn2ccnc2)c2ccccc2)nn1. The zero-order chi connectivity index (χ0) is 17.8. The van der Waals surface area contributed by atoms with Gasteiger partial charge in [0.05, 0.1) is 12.4 Å². The number of nitrogens with one attached hydrogen (secondary N) is 1. The van der Waals surface area contributed by atoms with Crippen LogP contribution in [-0.2, 0) is 13.6 Å². The molecule has 1 atom stereocenters. The highest BCUT2D eigenvalue weighted by molar-refractivity contribution is 5.51. The second kappa shape index (κ2) is 7.18. The molecule has 0 saturated carbocycles. The number of hydrogen-bond donors (Lipinski definition) is 1. The Bertz CT molecular complexity index is 943. The van der Waals surface area contributed by atoms with Crippen LogP contribution in [-0.4, -0.2) is 29.3 Å². The van der Waals surface area contributed by atoms with Crippen LogP contribution in [0.3, 0.4) is 0 Å². The maximum Gasteiger partial charge on any atom is 0.160 e. The van der Waals surface area contributed by atoms with Gasteiger partial charge in [-0.2, -0.15) is 0 Å². The molecule has 0 aliphatic heterocycles. The number of rotatable bonds is 6. The molecule has 3 heterocycles. The predicted molar refractivity (Wildman–Crippen MR) is 99.3 cm³/mol. The van der Waals surface area contributed by atoms with Gasteiger partial charge in [-0.05, 0) is 17.7 Å². The minimum atomic E-state index is 0.0544. The van der Waals surface area contributed by atoms with E-state index in [9.17, 15) is 0 Å². The topological polar surface area (TPSA) is 73.5 Å². The van der Waals surface area contributed by atoms with Crippen molar-refractivity contribution in [2.45, 2.75) is 12.6 Å². The van der Waals surface area contributed by atoms with Gasteiger partial charge in [0, 0.05) is 38.4 Å². The number of aromatic nitrogens is 6. The van der Waals surface area contributed by atoms with E-state index in [2.05, 4.69) is 37.6 Å². The molecule has 4 aromatic rings. The van der Waals surface area contributed by atoms with E-state index in [0.717, 1.165) is 23.9 Å². The Balaban J connectivity index is 1.56. The molecule has 1 aromatic carbocycles. The van der Waals surface area contributed by atoms with Gasteiger partial charge in [-0.25, -0.2) is 9.97 Å². The Morgan fingerprint density at radius 3 is 2.54 bits per heavy atom. The highest BCUT2D eigenvalue weighted by Gasteiger charge is 2.13. The molecule has 0 unspecified atom stereocenters. The van der Waals surface area contributed by atoms with Crippen molar-refractivity contribution in [3.63, 3.8) is 0 Å². The summed E-state index contributed by atoms with van der Waals surface area (Å²) in [5.74, 6) is 1.51. The number of hydrogen-bond acceptors (Lipinski definition) is 5. The molecule has 3 aromatic heterocycles. The molecule has 130 valence electrons. The molecular weight excluding hydrogens is 326 g/mol. The summed E-state index contributed by atoms with van der Waals surface area (Å²) >= 11 is 0. The maximum absolute atomic E-state index is 4.33. The Morgan fingerprint density at radius 1 is 1.00 bits per heavy atom. The third-order valence-corrected chi connectivity index (χ3v) is 4.19. The normalized spacial score (nSPS) is 12.0. The largest absolute Gasteiger partial charge is 0.360 e. The van der Waals surface area contributed by atoms with Crippen LogP contribution in [0.1, 0.15) is 11.6 Å². The van der Waals surface area contributed by atoms with E-state index in [4.69, 9.17) is 0 Å². The van der Waals surface area contributed by atoms with Crippen LogP contribution < -0.4 is 5.32 Å². The van der Waals surface area contributed by atoms with Gasteiger partial charge >= 0.3 is 0 Å². The average Bonchev–Trinajstić information content (AvgIpc) is 3.34. The van der Waals surface area contributed by atoms with Crippen LogP contribution >= 0.6 is 0 Å². The Kier molecular flexibility index (Phi) is 4.42. The lowest BCUT2D eigenvalue weighted by atomic mass is 10.1. The van der Waals surface area contributed by atoms with E-state index in [0.29, 0.717) is 0 Å². The molecule has 0 saturated heterocycles. The first-order chi connectivity index (χ1) is 12.8. The van der Waals surface area contributed by atoms with Crippen LogP contribution in [0.15, 0.2) is 73.6 Å². The zero-order valence-corrected chi connectivity index (χ0v) is 14.4. The van der Waals surface area contributed by atoms with Crippen molar-refractivity contribution in [1.29, 1.82) is 0 Å². The molecule has 0 bridgehead atoms. The molecule has 4 rings (SSSR count). The van der Waals surface area contributed by atoms with E-state index in [-0.39, 0.29) is 6.04 Å². The fourth-order valence-electron chi connectivity index (χ4n) is 2.84. The lowest BCUT2D eigenvalue weighted by Crippen LogP contribution is -2.18. The van der Waals surface area contributed by atoms with E-state index in [1.807, 2.05) is 65.2 Å². The monoisotopic (exact) mass is 345 g/mol. The number of benzene rings is 1. The third kappa shape index (κ3) is 3.46. The van der Waals surface area contributed by atoms with Crippen molar-refractivity contribution in [3.05, 3.63) is 79.1 Å². The molecule has 0 fully saturated rings. The van der Waals surface area contributed by atoms with Gasteiger partial charge in [-0.3, -0.25) is 0 Å². The quantitative estimate of drug-likeness (QED) is 0.582. The molecule has 1 N–H and O–H groups in total. The Hall–Kier alpha value is -3.48. The molecule has 7 heteroatoms. The van der Waals surface area contributed by atoms with Crippen LogP contribution in [0.4, 0.5) is 5.82 Å². The van der Waals surface area contributed by atoms with Crippen LogP contribution in [0.2, 0.25) is 0 Å². The van der Waals surface area contributed by atoms with Crippen molar-refractivity contribution in [1.82, 2.24) is 29.3 Å². The molecule has 0 amide bonds. The van der Waals surface area contributed by atoms with Gasteiger partial charge < -0.3 is 14.5 Å². The first-order valence-electron chi connectivity index (χ1n) is 8.38. The summed E-state index contributed by atoms with van der Waals surface area (Å²) in [7, 11) is 1.94. The van der Waals surface area contributed by atoms with Crippen molar-refractivity contribution in [3.8, 4) is 11.5 Å². The smallest absolute Gasteiger partial charge is 0.160 e. The van der Waals surface area contributed by atoms with Crippen molar-refractivity contribution in [2.24, 2.45) is 7.05 Å². The fraction of sp³-hybridized carbons (Fsp3) is 0.158. The molecular formula is C19H19N7. The highest BCUT2D eigenvalue weighted by Crippen LogP contribution is 2.21. The lowest BCUT2D eigenvalue weighted by molar-refractivity contribution is 0.604. The van der Waals surface area contributed by atoms with Gasteiger partial charge in [-0.15, -0.1) is 10.2 Å². The third-order valence-electron chi connectivity index (χ3n) is 4.19. The zero-order valence-electron chi connectivity index (χ0n) is 14.4. The van der Waals surface area contributed by atoms with Gasteiger partial charge in [0.1, 0.15) is 11.5 Å². The highest BCUT2D eigenvalue weighted by atomic mass is 15.2. The summed E-state index contributed by atoms with van der Waals surface area (Å²) in [5.41, 5.74) is 1.92. The van der Waals surface area contributed by atoms with Gasteiger partial charge in [0.25, 0.3) is 0 Å². The summed E-state index contributed by atoms with van der Waals surface area (Å²) < 4.78 is 3.96. The number of aryl methyl sites for hydroxylation is 1. The second-order valence-electron chi connectivity index (χ2n) is 6.03. The van der Waals surface area contributed by atoms with E-state index in [1.54, 1.807) is 12.4 Å². The molecule has 0 radical (unpaired) electrons. The van der Waals surface area contributed by atoms with Crippen molar-refractivity contribution in [2.75, 3.05) is 5.32 Å². The summed E-state index contributed by atoms with van der Waals surface area (Å²) in [6.07, 6.45) is 9.18. The van der Waals surface area contributed by atoms with E-state index < -0.39 is 0 Å². The molecule has 0 aliphatic rings. The summed E-state index contributed by atoms with van der Waals surface area (Å²) in [4.78, 5) is 8.43. The minimum Gasteiger partial charge on any atom is -0.360 e. The summed E-state index contributed by atoms with van der Waals surface area (Å²) in [6.45, 7) is 0.743. The minimum absolute atomic E-state index is 0.0544. The maximum atomic E-state index is 4.33. The standard InChI is InChI=1S/C19H19N7/c1-25-11-10-21-19(25)16-7-8-18(24-23-16)22-17(13-26-12-9-20-14-26)15-5-3-2-4-6-15/h2-12,14,17H,13H2,1H3,(H,22,24)/t17-/m1/s1. The number of anilines is 1. The van der Waals surface area contributed by atoms with Crippen LogP contribution in [0.5, 0.6) is 0 Å². The molecule has 7 nitrogen and oxygen atoms in total. The molecule has 0 spiro atoms. The first-order valence-corrected chi connectivity index (χ1v) is 8.38. The number of imidazole rings is 2. The fourth-order valence-corrected chi connectivity index (χ4v) is 2.84. The lowest BCUT2D eigenvalue weighted by Gasteiger charge is -2.20. The first kappa shape index (κ1) is 16.0. The van der Waals surface area contributed by atoms with Gasteiger partial charge in [0.2, 0.25) is 0 Å². The van der Waals surface area contributed by atoms with Crippen molar-refractivity contribution >= 4 is 5.82 Å². The predicted octanol–water partition coefficient (Wildman–Crippen LogP) is 2.93.